The van der Waals surface area contributed by atoms with E-state index in [-0.39, 0.29) is 10.8 Å². The molecule has 4 aliphatic rings. The molecule has 0 N–H and O–H groups in total. The molecule has 0 radical (unpaired) electrons. The number of fused-ring (bicyclic) bond motifs is 6. The minimum Gasteiger partial charge on any atom is -0.310 e. The lowest BCUT2D eigenvalue weighted by Crippen LogP contribution is -2.17. The Morgan fingerprint density at radius 2 is 0.918 bits per heavy atom. The standard InChI is InChI=1S/C60H59N/c1-59(2)54-26-15-14-25-50(54)51-34-32-49(39-56(51)59)61(47-30-27-43(28-31-47)40-17-8-5-9-18-40)48-24-16-23-45(35-48)53-36-46(42-21-12-7-13-22-42)38-57-58(53)52-33-29-44(37-55(52)60(57,3)4)41-19-10-6-11-20-41/h5,8-9,14-18,23-39,41-42H,6-7,10-13,19-22H2,1-4H3. The second-order valence-electron chi connectivity index (χ2n) is 19.8. The Kier molecular flexibility index (Phi) is 9.45. The van der Waals surface area contributed by atoms with Crippen LogP contribution in [0.3, 0.4) is 0 Å². The maximum Gasteiger partial charge on any atom is 0.0467 e. The highest BCUT2D eigenvalue weighted by Crippen LogP contribution is 2.56. The summed E-state index contributed by atoms with van der Waals surface area (Å²) in [5, 5.41) is 0. The van der Waals surface area contributed by atoms with E-state index in [1.54, 1.807) is 11.1 Å². The third-order valence-electron chi connectivity index (χ3n) is 15.4. The number of hydrogen-bond donors (Lipinski definition) is 0. The number of nitrogens with zero attached hydrogens (tertiary/aromatic N) is 1. The summed E-state index contributed by atoms with van der Waals surface area (Å²) in [5.41, 5.74) is 23.0. The van der Waals surface area contributed by atoms with Gasteiger partial charge in [-0.25, -0.2) is 0 Å². The maximum atomic E-state index is 2.64. The van der Waals surface area contributed by atoms with Crippen molar-refractivity contribution in [2.75, 3.05) is 4.90 Å². The molecule has 0 aromatic heterocycles. The van der Waals surface area contributed by atoms with E-state index in [4.69, 9.17) is 0 Å². The minimum absolute atomic E-state index is 0.0618. The molecule has 0 heterocycles. The zero-order chi connectivity index (χ0) is 41.3. The summed E-state index contributed by atoms with van der Waals surface area (Å²) in [6.07, 6.45) is 13.4. The summed E-state index contributed by atoms with van der Waals surface area (Å²) in [6, 6.07) is 58.5. The zero-order valence-electron chi connectivity index (χ0n) is 36.6. The van der Waals surface area contributed by atoms with Gasteiger partial charge >= 0.3 is 0 Å². The lowest BCUT2D eigenvalue weighted by atomic mass is 9.76. The molecule has 7 aromatic carbocycles. The molecule has 304 valence electrons. The number of anilines is 3. The van der Waals surface area contributed by atoms with Gasteiger partial charge in [-0.15, -0.1) is 0 Å². The normalized spacial score (nSPS) is 17.6. The third kappa shape index (κ3) is 6.50. The second kappa shape index (κ2) is 15.1. The van der Waals surface area contributed by atoms with E-state index in [1.165, 1.54) is 142 Å². The van der Waals surface area contributed by atoms with Gasteiger partial charge in [-0.2, -0.15) is 0 Å². The van der Waals surface area contributed by atoms with Crippen molar-refractivity contribution in [2.45, 2.75) is 115 Å². The predicted molar refractivity (Wildman–Crippen MR) is 259 cm³/mol. The first-order valence-electron chi connectivity index (χ1n) is 23.4. The van der Waals surface area contributed by atoms with Crippen molar-refractivity contribution >= 4 is 17.1 Å². The third-order valence-corrected chi connectivity index (χ3v) is 15.4. The summed E-state index contributed by atoms with van der Waals surface area (Å²) < 4.78 is 0. The molecular weight excluding hydrogens is 735 g/mol. The van der Waals surface area contributed by atoms with Crippen LogP contribution in [-0.4, -0.2) is 0 Å². The molecule has 61 heavy (non-hydrogen) atoms. The first-order valence-corrected chi connectivity index (χ1v) is 23.4. The topological polar surface area (TPSA) is 3.24 Å². The predicted octanol–water partition coefficient (Wildman–Crippen LogP) is 17.2. The lowest BCUT2D eigenvalue weighted by molar-refractivity contribution is 0.442. The van der Waals surface area contributed by atoms with Crippen LogP contribution in [0.15, 0.2) is 152 Å². The van der Waals surface area contributed by atoms with Crippen LogP contribution in [0.25, 0.3) is 44.5 Å². The van der Waals surface area contributed by atoms with Crippen molar-refractivity contribution in [3.05, 3.63) is 185 Å². The van der Waals surface area contributed by atoms with Crippen LogP contribution in [0.5, 0.6) is 0 Å². The van der Waals surface area contributed by atoms with Gasteiger partial charge in [0.05, 0.1) is 0 Å². The highest BCUT2D eigenvalue weighted by atomic mass is 15.1. The fraction of sp³-hybridized carbons (Fsp3) is 0.300. The Hall–Kier alpha value is -5.66. The summed E-state index contributed by atoms with van der Waals surface area (Å²) in [7, 11) is 0. The van der Waals surface area contributed by atoms with Gasteiger partial charge in [-0.3, -0.25) is 0 Å². The molecule has 0 amide bonds. The molecular formula is C60H59N. The largest absolute Gasteiger partial charge is 0.310 e. The molecule has 2 saturated carbocycles. The van der Waals surface area contributed by atoms with Crippen molar-refractivity contribution in [1.29, 1.82) is 0 Å². The first-order chi connectivity index (χ1) is 29.8. The number of benzene rings is 7. The van der Waals surface area contributed by atoms with Gasteiger partial charge in [-0.1, -0.05) is 181 Å². The van der Waals surface area contributed by atoms with Crippen LogP contribution >= 0.6 is 0 Å². The summed E-state index contributed by atoms with van der Waals surface area (Å²) >= 11 is 0. The second-order valence-corrected chi connectivity index (χ2v) is 19.8. The fourth-order valence-electron chi connectivity index (χ4n) is 12.0. The quantitative estimate of drug-likeness (QED) is 0.155. The first kappa shape index (κ1) is 38.3. The molecule has 1 nitrogen and oxygen atoms in total. The minimum atomic E-state index is -0.0935. The summed E-state index contributed by atoms with van der Waals surface area (Å²) in [4.78, 5) is 2.50. The van der Waals surface area contributed by atoms with Gasteiger partial charge in [0.2, 0.25) is 0 Å². The molecule has 0 atom stereocenters. The van der Waals surface area contributed by atoms with Crippen molar-refractivity contribution < 1.29 is 0 Å². The molecule has 0 bridgehead atoms. The van der Waals surface area contributed by atoms with Crippen LogP contribution in [0.1, 0.15) is 137 Å². The van der Waals surface area contributed by atoms with Crippen LogP contribution in [-0.2, 0) is 10.8 Å². The van der Waals surface area contributed by atoms with Crippen LogP contribution < -0.4 is 4.90 Å². The Balaban J connectivity index is 1.07. The van der Waals surface area contributed by atoms with E-state index in [0.29, 0.717) is 11.8 Å². The molecule has 0 spiro atoms. The maximum absolute atomic E-state index is 2.64. The Bertz CT molecular complexity index is 2750. The van der Waals surface area contributed by atoms with Crippen molar-refractivity contribution in [2.24, 2.45) is 0 Å². The van der Waals surface area contributed by atoms with E-state index in [1.807, 2.05) is 0 Å². The van der Waals surface area contributed by atoms with Crippen LogP contribution in [0, 0.1) is 0 Å². The van der Waals surface area contributed by atoms with E-state index in [9.17, 15) is 0 Å². The van der Waals surface area contributed by atoms with Crippen LogP contribution in [0.4, 0.5) is 17.1 Å². The average Bonchev–Trinajstić information content (AvgIpc) is 3.68. The molecule has 1 heteroatoms. The molecule has 2 fully saturated rings. The van der Waals surface area contributed by atoms with Crippen molar-refractivity contribution in [3.63, 3.8) is 0 Å². The summed E-state index contributed by atoms with van der Waals surface area (Å²) in [5.74, 6) is 1.32. The number of rotatable bonds is 7. The molecule has 7 aromatic rings. The van der Waals surface area contributed by atoms with E-state index < -0.39 is 0 Å². The smallest absolute Gasteiger partial charge is 0.0467 e. The Morgan fingerprint density at radius 3 is 1.67 bits per heavy atom. The fourth-order valence-corrected chi connectivity index (χ4v) is 12.0. The number of hydrogen-bond acceptors (Lipinski definition) is 1. The van der Waals surface area contributed by atoms with Gasteiger partial charge in [0.15, 0.2) is 0 Å². The van der Waals surface area contributed by atoms with Crippen molar-refractivity contribution in [3.8, 4) is 44.5 Å². The molecule has 4 aliphatic carbocycles. The van der Waals surface area contributed by atoms with Gasteiger partial charge in [0, 0.05) is 27.9 Å². The highest BCUT2D eigenvalue weighted by Gasteiger charge is 2.39. The zero-order valence-corrected chi connectivity index (χ0v) is 36.6. The molecule has 0 saturated heterocycles. The SMILES string of the molecule is CC1(C)c2ccccc2-c2ccc(N(c3ccc(-c4ccccc4)cc3)c3cccc(-c4cc(C5CCCCC5)cc5c4-c4ccc(C6CCCCC6)cc4C5(C)C)c3)cc21. The molecule has 11 rings (SSSR count). The van der Waals surface area contributed by atoms with Gasteiger partial charge < -0.3 is 4.90 Å². The van der Waals surface area contributed by atoms with E-state index in [2.05, 4.69) is 184 Å². The van der Waals surface area contributed by atoms with Gasteiger partial charge in [-0.05, 0) is 152 Å². The van der Waals surface area contributed by atoms with Gasteiger partial charge in [0.25, 0.3) is 0 Å². The molecule has 0 aliphatic heterocycles. The molecule has 0 unspecified atom stereocenters. The highest BCUT2D eigenvalue weighted by molar-refractivity contribution is 5.95. The van der Waals surface area contributed by atoms with Gasteiger partial charge in [0.1, 0.15) is 0 Å². The monoisotopic (exact) mass is 793 g/mol. The Morgan fingerprint density at radius 1 is 0.361 bits per heavy atom. The lowest BCUT2D eigenvalue weighted by Gasteiger charge is -2.29. The average molecular weight is 794 g/mol. The van der Waals surface area contributed by atoms with Crippen LogP contribution in [0.2, 0.25) is 0 Å². The Labute approximate surface area is 364 Å². The summed E-state index contributed by atoms with van der Waals surface area (Å²) in [6.45, 7) is 9.78. The van der Waals surface area contributed by atoms with E-state index >= 15 is 0 Å². The van der Waals surface area contributed by atoms with E-state index in [0.717, 1.165) is 5.69 Å². The van der Waals surface area contributed by atoms with Crippen molar-refractivity contribution in [1.82, 2.24) is 0 Å².